The Morgan fingerprint density at radius 2 is 1.92 bits per heavy atom. The molecule has 0 unspecified atom stereocenters. The summed E-state index contributed by atoms with van der Waals surface area (Å²) in [6, 6.07) is 14.1. The second-order valence-electron chi connectivity index (χ2n) is 5.62. The molecule has 0 bridgehead atoms. The molecule has 2 N–H and O–H groups in total. The van der Waals surface area contributed by atoms with Gasteiger partial charge >= 0.3 is 0 Å². The molecule has 0 spiro atoms. The van der Waals surface area contributed by atoms with Crippen molar-refractivity contribution in [3.05, 3.63) is 59.1 Å². The van der Waals surface area contributed by atoms with E-state index in [4.69, 9.17) is 21.1 Å². The Hall–Kier alpha value is -2.24. The van der Waals surface area contributed by atoms with Crippen molar-refractivity contribution in [2.45, 2.75) is 25.2 Å². The molecule has 2 aromatic carbocycles. The second kappa shape index (κ2) is 7.11. The third-order valence-corrected chi connectivity index (χ3v) is 4.04. The van der Waals surface area contributed by atoms with Gasteiger partial charge in [-0.05, 0) is 36.8 Å². The van der Waals surface area contributed by atoms with Gasteiger partial charge in [0.1, 0.15) is 6.10 Å². The zero-order valence-corrected chi connectivity index (χ0v) is 13.9. The minimum absolute atomic E-state index is 0.0629. The smallest absolute Gasteiger partial charge is 0.265 e. The number of aliphatic hydroxyl groups excluding tert-OH is 1. The number of hydrogen-bond donors (Lipinski definition) is 2. The molecule has 0 saturated heterocycles. The Morgan fingerprint density at radius 1 is 1.21 bits per heavy atom. The maximum Gasteiger partial charge on any atom is 0.265 e. The number of halogens is 1. The van der Waals surface area contributed by atoms with Crippen LogP contribution in [0.5, 0.6) is 11.5 Å². The number of amides is 1. The number of ether oxygens (including phenoxy) is 2. The summed E-state index contributed by atoms with van der Waals surface area (Å²) in [6.07, 6.45) is -2.05. The van der Waals surface area contributed by atoms with Crippen molar-refractivity contribution in [2.75, 3.05) is 6.54 Å². The number of fused-ring (bicyclic) bond motifs is 1. The summed E-state index contributed by atoms with van der Waals surface area (Å²) in [5, 5.41) is 13.4. The number of benzene rings is 2. The first-order valence-corrected chi connectivity index (χ1v) is 8.06. The van der Waals surface area contributed by atoms with Crippen molar-refractivity contribution in [1.29, 1.82) is 0 Å². The van der Waals surface area contributed by atoms with Gasteiger partial charge in [0.2, 0.25) is 6.10 Å². The Balaban J connectivity index is 1.61. The molecule has 126 valence electrons. The Kier molecular flexibility index (Phi) is 4.92. The van der Waals surface area contributed by atoms with E-state index in [1.165, 1.54) is 0 Å². The van der Waals surface area contributed by atoms with Crippen LogP contribution in [0.15, 0.2) is 48.5 Å². The minimum atomic E-state index is -0.847. The summed E-state index contributed by atoms with van der Waals surface area (Å²) >= 11 is 5.91. The van der Waals surface area contributed by atoms with Gasteiger partial charge in [0.15, 0.2) is 11.5 Å². The summed E-state index contributed by atoms with van der Waals surface area (Å²) in [4.78, 5) is 12.4. The van der Waals surface area contributed by atoms with E-state index in [0.717, 1.165) is 0 Å². The average Bonchev–Trinajstić information content (AvgIpc) is 2.58. The monoisotopic (exact) mass is 347 g/mol. The standard InChI is InChI=1S/C18H18ClNO4/c1-11-17(24-16-8-3-2-7-15(16)23-11)18(22)20-10-14(21)12-5-4-6-13(19)9-12/h2-9,11,14,17,21H,10H2,1H3,(H,20,22)/t11-,14+,17+/m0/s1. The molecule has 0 aromatic heterocycles. The Labute approximate surface area is 145 Å². The van der Waals surface area contributed by atoms with Gasteiger partial charge in [0.05, 0.1) is 6.10 Å². The van der Waals surface area contributed by atoms with E-state index in [1.807, 2.05) is 12.1 Å². The molecular formula is C18H18ClNO4. The normalized spacial score (nSPS) is 20.3. The van der Waals surface area contributed by atoms with Crippen LogP contribution in [0.3, 0.4) is 0 Å². The lowest BCUT2D eigenvalue weighted by molar-refractivity contribution is -0.133. The summed E-state index contributed by atoms with van der Waals surface area (Å²) in [5.41, 5.74) is 0.641. The van der Waals surface area contributed by atoms with E-state index >= 15 is 0 Å². The van der Waals surface area contributed by atoms with Crippen LogP contribution in [0.4, 0.5) is 0 Å². The largest absolute Gasteiger partial charge is 0.482 e. The molecular weight excluding hydrogens is 330 g/mol. The molecule has 5 nitrogen and oxygen atoms in total. The van der Waals surface area contributed by atoms with Crippen LogP contribution in [0.1, 0.15) is 18.6 Å². The fraction of sp³-hybridized carbons (Fsp3) is 0.278. The second-order valence-corrected chi connectivity index (χ2v) is 6.06. The van der Waals surface area contributed by atoms with Gasteiger partial charge < -0.3 is 19.9 Å². The number of nitrogens with one attached hydrogen (secondary N) is 1. The quantitative estimate of drug-likeness (QED) is 0.892. The van der Waals surface area contributed by atoms with Crippen LogP contribution in [0, 0.1) is 0 Å². The lowest BCUT2D eigenvalue weighted by Gasteiger charge is -2.31. The molecule has 24 heavy (non-hydrogen) atoms. The number of para-hydroxylation sites is 2. The van der Waals surface area contributed by atoms with Gasteiger partial charge in [-0.15, -0.1) is 0 Å². The zero-order chi connectivity index (χ0) is 17.1. The highest BCUT2D eigenvalue weighted by atomic mass is 35.5. The third kappa shape index (κ3) is 3.63. The SMILES string of the molecule is C[C@@H]1Oc2ccccc2O[C@H]1C(=O)NC[C@@H](O)c1cccc(Cl)c1. The molecule has 6 heteroatoms. The summed E-state index contributed by atoms with van der Waals surface area (Å²) < 4.78 is 11.4. The predicted molar refractivity (Wildman–Crippen MR) is 90.4 cm³/mol. The van der Waals surface area contributed by atoms with Crippen LogP contribution >= 0.6 is 11.6 Å². The summed E-state index contributed by atoms with van der Waals surface area (Å²) in [6.45, 7) is 1.83. The van der Waals surface area contributed by atoms with Crippen LogP contribution in [-0.4, -0.2) is 29.8 Å². The van der Waals surface area contributed by atoms with Gasteiger partial charge in [0.25, 0.3) is 5.91 Å². The molecule has 0 fully saturated rings. The molecule has 0 saturated carbocycles. The molecule has 1 heterocycles. The molecule has 3 atom stereocenters. The first kappa shape index (κ1) is 16.6. The molecule has 0 aliphatic carbocycles. The third-order valence-electron chi connectivity index (χ3n) is 3.80. The number of carbonyl (C=O) groups excluding carboxylic acids is 1. The fourth-order valence-electron chi connectivity index (χ4n) is 2.54. The van der Waals surface area contributed by atoms with E-state index in [2.05, 4.69) is 5.32 Å². The van der Waals surface area contributed by atoms with Crippen LogP contribution < -0.4 is 14.8 Å². The Bertz CT molecular complexity index is 736. The van der Waals surface area contributed by atoms with Gasteiger partial charge in [-0.2, -0.15) is 0 Å². The first-order chi connectivity index (χ1) is 11.5. The van der Waals surface area contributed by atoms with Gasteiger partial charge in [-0.25, -0.2) is 0 Å². The maximum atomic E-state index is 12.4. The lowest BCUT2D eigenvalue weighted by Crippen LogP contribution is -2.49. The van der Waals surface area contributed by atoms with E-state index in [0.29, 0.717) is 22.1 Å². The summed E-state index contributed by atoms with van der Waals surface area (Å²) in [5.74, 6) is 0.817. The van der Waals surface area contributed by atoms with Crippen LogP contribution in [0.25, 0.3) is 0 Å². The van der Waals surface area contributed by atoms with Crippen LogP contribution in [0.2, 0.25) is 5.02 Å². The van der Waals surface area contributed by atoms with Crippen molar-refractivity contribution < 1.29 is 19.4 Å². The lowest BCUT2D eigenvalue weighted by atomic mass is 10.1. The average molecular weight is 348 g/mol. The fourth-order valence-corrected chi connectivity index (χ4v) is 2.73. The van der Waals surface area contributed by atoms with E-state index < -0.39 is 18.3 Å². The summed E-state index contributed by atoms with van der Waals surface area (Å²) in [7, 11) is 0. The molecule has 1 aliphatic heterocycles. The molecule has 2 aromatic rings. The van der Waals surface area contributed by atoms with Crippen molar-refractivity contribution in [3.63, 3.8) is 0 Å². The molecule has 1 amide bonds. The predicted octanol–water partition coefficient (Wildman–Crippen LogP) is 2.72. The highest BCUT2D eigenvalue weighted by Crippen LogP contribution is 2.33. The van der Waals surface area contributed by atoms with Crippen molar-refractivity contribution in [3.8, 4) is 11.5 Å². The van der Waals surface area contributed by atoms with Gasteiger partial charge in [0, 0.05) is 11.6 Å². The van der Waals surface area contributed by atoms with Crippen molar-refractivity contribution >= 4 is 17.5 Å². The maximum absolute atomic E-state index is 12.4. The number of aliphatic hydroxyl groups is 1. The molecule has 0 radical (unpaired) electrons. The topological polar surface area (TPSA) is 67.8 Å². The first-order valence-electron chi connectivity index (χ1n) is 7.68. The van der Waals surface area contributed by atoms with Gasteiger partial charge in [-0.3, -0.25) is 4.79 Å². The minimum Gasteiger partial charge on any atom is -0.482 e. The Morgan fingerprint density at radius 3 is 2.62 bits per heavy atom. The number of hydrogen-bond acceptors (Lipinski definition) is 4. The number of carbonyl (C=O) groups is 1. The van der Waals surface area contributed by atoms with E-state index in [9.17, 15) is 9.90 Å². The van der Waals surface area contributed by atoms with Crippen molar-refractivity contribution in [2.24, 2.45) is 0 Å². The zero-order valence-electron chi connectivity index (χ0n) is 13.1. The highest BCUT2D eigenvalue weighted by Gasteiger charge is 2.34. The van der Waals surface area contributed by atoms with E-state index in [1.54, 1.807) is 43.3 Å². The van der Waals surface area contributed by atoms with E-state index in [-0.39, 0.29) is 12.5 Å². The van der Waals surface area contributed by atoms with Crippen LogP contribution in [-0.2, 0) is 4.79 Å². The van der Waals surface area contributed by atoms with Crippen molar-refractivity contribution in [1.82, 2.24) is 5.32 Å². The highest BCUT2D eigenvalue weighted by molar-refractivity contribution is 6.30. The van der Waals surface area contributed by atoms with Gasteiger partial charge in [-0.1, -0.05) is 35.9 Å². The number of rotatable bonds is 4. The molecule has 1 aliphatic rings. The molecule has 3 rings (SSSR count).